The molecule has 2 aliphatic carbocycles. The average Bonchev–Trinajstić information content (AvgIpc) is 3.37. The fraction of sp³-hybridized carbons (Fsp3) is 0.414. The van der Waals surface area contributed by atoms with Gasteiger partial charge in [-0.1, -0.05) is 39.2 Å². The minimum absolute atomic E-state index is 0.00331. The zero-order chi connectivity index (χ0) is 35.4. The number of carbonyl (C=O) groups excluding carboxylic acids is 4. The van der Waals surface area contributed by atoms with Gasteiger partial charge in [-0.2, -0.15) is 18.2 Å². The lowest BCUT2D eigenvalue weighted by Crippen LogP contribution is -2.60. The molecule has 4 amide bonds. The van der Waals surface area contributed by atoms with Gasteiger partial charge in [-0.25, -0.2) is 4.98 Å². The number of rotatable bonds is 5. The molecule has 19 heteroatoms. The van der Waals surface area contributed by atoms with Gasteiger partial charge in [0.2, 0.25) is 0 Å². The number of hydrogen-bond acceptors (Lipinski definition) is 8. The summed E-state index contributed by atoms with van der Waals surface area (Å²) < 4.78 is 46.3. The maximum Gasteiger partial charge on any atom is 0.433 e. The van der Waals surface area contributed by atoms with E-state index >= 15 is 0 Å². The fourth-order valence-electron chi connectivity index (χ4n) is 7.27. The van der Waals surface area contributed by atoms with Crippen molar-refractivity contribution in [2.45, 2.75) is 34.7 Å². The second-order valence-electron chi connectivity index (χ2n) is 11.6. The zero-order valence-corrected chi connectivity index (χ0v) is 31.4. The quantitative estimate of drug-likeness (QED) is 0.152. The topological polar surface area (TPSA) is 120 Å². The summed E-state index contributed by atoms with van der Waals surface area (Å²) in [6.45, 7) is 0. The van der Waals surface area contributed by atoms with Crippen LogP contribution in [0.25, 0.3) is 0 Å². The number of allylic oxidation sites excluding steroid dienone is 2. The highest BCUT2D eigenvalue weighted by Crippen LogP contribution is 2.67. The summed E-state index contributed by atoms with van der Waals surface area (Å²) in [6, 6.07) is 3.07. The van der Waals surface area contributed by atoms with Gasteiger partial charge in [0.05, 0.1) is 33.9 Å². The Labute approximate surface area is 310 Å². The number of halogens is 9. The smallest absolute Gasteiger partial charge is 0.433 e. The Morgan fingerprint density at radius 3 is 2.38 bits per heavy atom. The molecular weight excluding hydrogens is 903 g/mol. The molecule has 0 bridgehead atoms. The van der Waals surface area contributed by atoms with E-state index in [0.717, 1.165) is 16.0 Å². The first-order valence-electron chi connectivity index (χ1n) is 14.0. The Morgan fingerprint density at radius 1 is 1.10 bits per heavy atom. The number of benzene rings is 1. The van der Waals surface area contributed by atoms with Crippen molar-refractivity contribution in [3.8, 4) is 11.5 Å². The second-order valence-corrected chi connectivity index (χ2v) is 15.4. The van der Waals surface area contributed by atoms with Crippen LogP contribution in [-0.4, -0.2) is 73.0 Å². The summed E-state index contributed by atoms with van der Waals surface area (Å²) in [5.74, 6) is -8.22. The molecule has 1 saturated carbocycles. The van der Waals surface area contributed by atoms with Crippen LogP contribution in [0.5, 0.6) is 11.5 Å². The number of likely N-dealkylation sites (tertiary alicyclic amines) is 1. The van der Waals surface area contributed by atoms with Crippen molar-refractivity contribution in [1.29, 1.82) is 0 Å². The molecular formula is C29H21Br3Cl3F3N4O6. The lowest BCUT2D eigenvalue weighted by Gasteiger charge is -2.51. The summed E-state index contributed by atoms with van der Waals surface area (Å²) in [5, 5.41) is 12.0. The van der Waals surface area contributed by atoms with Crippen LogP contribution in [0.4, 0.5) is 19.0 Å². The molecule has 3 fully saturated rings. The van der Waals surface area contributed by atoms with E-state index in [4.69, 9.17) is 39.5 Å². The lowest BCUT2D eigenvalue weighted by molar-refractivity contribution is -0.142. The van der Waals surface area contributed by atoms with Crippen LogP contribution in [0.3, 0.4) is 0 Å². The number of hydrazine groups is 1. The maximum absolute atomic E-state index is 14.3. The number of anilines is 1. The predicted molar refractivity (Wildman–Crippen MR) is 178 cm³/mol. The van der Waals surface area contributed by atoms with Gasteiger partial charge in [0.15, 0.2) is 27.1 Å². The highest BCUT2D eigenvalue weighted by molar-refractivity contribution is 9.13. The van der Waals surface area contributed by atoms with E-state index < -0.39 is 74.7 Å². The molecule has 0 radical (unpaired) electrons. The molecule has 1 aromatic heterocycles. The van der Waals surface area contributed by atoms with E-state index in [1.807, 2.05) is 0 Å². The largest absolute Gasteiger partial charge is 0.503 e. The van der Waals surface area contributed by atoms with Gasteiger partial charge in [-0.05, 0) is 74.4 Å². The molecule has 1 N–H and O–H groups in total. The third kappa shape index (κ3) is 4.79. The number of aromatic nitrogens is 1. The van der Waals surface area contributed by atoms with Gasteiger partial charge in [0.1, 0.15) is 5.69 Å². The molecule has 2 aromatic rings. The van der Waals surface area contributed by atoms with Crippen molar-refractivity contribution < 1.29 is 42.2 Å². The van der Waals surface area contributed by atoms with Crippen LogP contribution in [0.15, 0.2) is 38.8 Å². The molecule has 256 valence electrons. The fourth-order valence-corrected chi connectivity index (χ4v) is 9.87. The van der Waals surface area contributed by atoms with E-state index in [2.05, 4.69) is 52.8 Å². The van der Waals surface area contributed by atoms with Crippen molar-refractivity contribution in [1.82, 2.24) is 14.9 Å². The number of carbonyl (C=O) groups is 4. The van der Waals surface area contributed by atoms with E-state index in [9.17, 15) is 37.5 Å². The Kier molecular flexibility index (Phi) is 8.93. The highest BCUT2D eigenvalue weighted by Gasteiger charge is 2.76. The van der Waals surface area contributed by atoms with Crippen molar-refractivity contribution in [3.05, 3.63) is 55.1 Å². The number of fused-ring (bicyclic) bond motifs is 4. The number of imide groups is 2. The minimum Gasteiger partial charge on any atom is -0.503 e. The summed E-state index contributed by atoms with van der Waals surface area (Å²) in [4.78, 5) is 56.3. The first kappa shape index (κ1) is 35.7. The molecule has 48 heavy (non-hydrogen) atoms. The SMILES string of the molecule is COc1cc(C2C3=CCC4C(=O)N(N(C)c5nc(C(F)(F)F)ccc5Cl)C(=O)C4C3CC3(Cl)C(=O)N(CBr)C(=O)C23Cl)c(Br)c(Br)c1O. The number of phenols is 1. The molecule has 6 rings (SSSR count). The van der Waals surface area contributed by atoms with Gasteiger partial charge in [0.25, 0.3) is 23.6 Å². The van der Waals surface area contributed by atoms with Gasteiger partial charge < -0.3 is 9.84 Å². The number of amides is 4. The predicted octanol–water partition coefficient (Wildman–Crippen LogP) is 6.76. The van der Waals surface area contributed by atoms with Gasteiger partial charge in [-0.3, -0.25) is 29.1 Å². The number of phenolic OH excluding ortho intramolecular Hbond substituents is 1. The first-order valence-corrected chi connectivity index (χ1v) is 17.8. The number of pyridine rings is 1. The molecule has 4 aliphatic rings. The molecule has 1 aromatic carbocycles. The monoisotopic (exact) mass is 920 g/mol. The Morgan fingerprint density at radius 2 is 1.77 bits per heavy atom. The Hall–Kier alpha value is -2.11. The molecule has 2 aliphatic heterocycles. The van der Waals surface area contributed by atoms with Crippen LogP contribution in [-0.2, 0) is 25.4 Å². The molecule has 0 spiro atoms. The molecule has 3 heterocycles. The van der Waals surface area contributed by atoms with Gasteiger partial charge in [-0.15, -0.1) is 23.2 Å². The second kappa shape index (κ2) is 12.0. The van der Waals surface area contributed by atoms with E-state index in [0.29, 0.717) is 16.6 Å². The molecule has 10 nitrogen and oxygen atoms in total. The van der Waals surface area contributed by atoms with E-state index in [1.54, 1.807) is 6.08 Å². The molecule has 2 saturated heterocycles. The average molecular weight is 925 g/mol. The van der Waals surface area contributed by atoms with Crippen molar-refractivity contribution >= 4 is 112 Å². The molecule has 6 unspecified atom stereocenters. The van der Waals surface area contributed by atoms with Crippen molar-refractivity contribution in [2.24, 2.45) is 17.8 Å². The summed E-state index contributed by atoms with van der Waals surface area (Å²) in [5.41, 5.74) is -0.801. The zero-order valence-electron chi connectivity index (χ0n) is 24.4. The molecule has 6 atom stereocenters. The minimum atomic E-state index is -4.83. The number of hydrogen-bond donors (Lipinski definition) is 1. The third-order valence-corrected chi connectivity index (χ3v) is 13.8. The lowest BCUT2D eigenvalue weighted by atomic mass is 9.56. The summed E-state index contributed by atoms with van der Waals surface area (Å²) in [6.07, 6.45) is -3.51. The van der Waals surface area contributed by atoms with Crippen LogP contribution in [0.2, 0.25) is 5.02 Å². The number of nitrogens with zero attached hydrogens (tertiary/aromatic N) is 4. The Bertz CT molecular complexity index is 1850. The number of aromatic hydroxyl groups is 1. The van der Waals surface area contributed by atoms with Crippen LogP contribution >= 0.6 is 82.6 Å². The van der Waals surface area contributed by atoms with Crippen LogP contribution < -0.4 is 9.75 Å². The summed E-state index contributed by atoms with van der Waals surface area (Å²) in [7, 11) is 2.50. The van der Waals surface area contributed by atoms with Crippen LogP contribution in [0, 0.1) is 17.8 Å². The van der Waals surface area contributed by atoms with E-state index in [-0.39, 0.29) is 49.3 Å². The van der Waals surface area contributed by atoms with Crippen LogP contribution in [0.1, 0.15) is 30.0 Å². The third-order valence-electron chi connectivity index (χ3n) is 9.42. The number of methoxy groups -OCH3 is 1. The first-order chi connectivity index (χ1) is 22.4. The summed E-state index contributed by atoms with van der Waals surface area (Å²) >= 11 is 30.7. The van der Waals surface area contributed by atoms with Crippen molar-refractivity contribution in [3.63, 3.8) is 0 Å². The number of alkyl halides is 6. The normalized spacial score (nSPS) is 29.9. The van der Waals surface area contributed by atoms with Crippen molar-refractivity contribution in [2.75, 3.05) is 24.6 Å². The van der Waals surface area contributed by atoms with E-state index in [1.165, 1.54) is 20.2 Å². The maximum atomic E-state index is 14.3. The standard InChI is InChI=1S/C29H21Br3Cl3F3N4O6/c1-40(22-14(33)5-6-16(39-22)29(36,37)38)42-23(44)11-4-3-10-13(17(11)24(42)45)8-27(34)25(46)41(9-30)26(47)28(27,35)18(10)12-7-15(48-2)21(43)20(32)19(12)31/h3,5-7,11,13,17-18,43H,4,8-9H2,1-2H3. The Balaban J connectivity index is 1.51. The highest BCUT2D eigenvalue weighted by atomic mass is 79.9. The van der Waals surface area contributed by atoms with Gasteiger partial charge >= 0.3 is 6.18 Å². The van der Waals surface area contributed by atoms with Gasteiger partial charge in [0, 0.05) is 17.4 Å². The number of ether oxygens (including phenoxy) is 1.